The van der Waals surface area contributed by atoms with Gasteiger partial charge in [-0.05, 0) is 48.9 Å². The average molecular weight is 507 g/mol. The van der Waals surface area contributed by atoms with Gasteiger partial charge in [0.05, 0.1) is 0 Å². The Balaban J connectivity index is 1.49. The van der Waals surface area contributed by atoms with Gasteiger partial charge in [-0.1, -0.05) is 30.3 Å². The lowest BCUT2D eigenvalue weighted by molar-refractivity contribution is -0.118. The van der Waals surface area contributed by atoms with Crippen LogP contribution < -0.4 is 15.5 Å². The topological polar surface area (TPSA) is 66.4 Å². The van der Waals surface area contributed by atoms with E-state index in [0.717, 1.165) is 40.1 Å². The number of anilines is 1. The molecule has 3 aliphatic rings. The second kappa shape index (κ2) is 8.58. The summed E-state index contributed by atoms with van der Waals surface area (Å²) in [6, 6.07) is 21.0. The van der Waals surface area contributed by atoms with Gasteiger partial charge < -0.3 is 20.1 Å². The number of para-hydroxylation sites is 1. The number of halogens is 1. The normalized spacial score (nSPS) is 18.1. The first-order chi connectivity index (χ1) is 18.6. The number of nitrogens with zero attached hydrogens (tertiary/aromatic N) is 2. The minimum Gasteiger partial charge on any atom is -0.352 e. The Kier molecular flexibility index (Phi) is 5.15. The van der Waals surface area contributed by atoms with E-state index in [1.807, 2.05) is 0 Å². The van der Waals surface area contributed by atoms with Crippen LogP contribution >= 0.6 is 0 Å². The highest BCUT2D eigenvalue weighted by molar-refractivity contribution is 6.10. The molecule has 0 saturated carbocycles. The van der Waals surface area contributed by atoms with Gasteiger partial charge in [-0.25, -0.2) is 4.39 Å². The number of rotatable bonds is 3. The Morgan fingerprint density at radius 1 is 0.816 bits per heavy atom. The first-order valence-electron chi connectivity index (χ1n) is 13.2. The third-order valence-electron chi connectivity index (χ3n) is 8.06. The zero-order chi connectivity index (χ0) is 26.0. The molecule has 3 aromatic carbocycles. The molecule has 0 spiro atoms. The summed E-state index contributed by atoms with van der Waals surface area (Å²) in [5, 5.41) is 8.29. The second-order valence-electron chi connectivity index (χ2n) is 10.0. The maximum Gasteiger partial charge on any atom is 0.249 e. The maximum atomic E-state index is 13.8. The summed E-state index contributed by atoms with van der Waals surface area (Å²) in [7, 11) is 0. The fourth-order valence-corrected chi connectivity index (χ4v) is 6.50. The van der Waals surface area contributed by atoms with Gasteiger partial charge in [-0.15, -0.1) is 0 Å². The van der Waals surface area contributed by atoms with Crippen molar-refractivity contribution in [3.63, 3.8) is 0 Å². The van der Waals surface area contributed by atoms with E-state index in [1.54, 1.807) is 12.1 Å². The number of aromatic nitrogens is 1. The minimum absolute atomic E-state index is 0.181. The van der Waals surface area contributed by atoms with Gasteiger partial charge in [-0.3, -0.25) is 9.59 Å². The number of hydrogen-bond acceptors (Lipinski definition) is 3. The van der Waals surface area contributed by atoms with Crippen molar-refractivity contribution >= 4 is 39.3 Å². The number of carbonyl (C=O) groups is 2. The van der Waals surface area contributed by atoms with Crippen LogP contribution in [0, 0.1) is 5.82 Å². The van der Waals surface area contributed by atoms with E-state index >= 15 is 0 Å². The summed E-state index contributed by atoms with van der Waals surface area (Å²) in [5.74, 6) is -1.27. The smallest absolute Gasteiger partial charge is 0.249 e. The molecule has 0 unspecified atom stereocenters. The lowest BCUT2D eigenvalue weighted by atomic mass is 9.76. The summed E-state index contributed by atoms with van der Waals surface area (Å²) in [5.41, 5.74) is 6.98. The van der Waals surface area contributed by atoms with Crippen LogP contribution in [0.3, 0.4) is 0 Å². The van der Waals surface area contributed by atoms with Crippen molar-refractivity contribution in [1.82, 2.24) is 15.2 Å². The van der Waals surface area contributed by atoms with Gasteiger partial charge in [0.15, 0.2) is 0 Å². The number of carbonyl (C=O) groups excluding carboxylic acids is 2. The van der Waals surface area contributed by atoms with Crippen LogP contribution in [0.5, 0.6) is 0 Å². The van der Waals surface area contributed by atoms with Gasteiger partial charge in [0.2, 0.25) is 11.8 Å². The summed E-state index contributed by atoms with van der Waals surface area (Å²) in [6.07, 6.45) is 1.29. The van der Waals surface area contributed by atoms with Gasteiger partial charge in [0, 0.05) is 88.4 Å². The molecular weight excluding hydrogens is 479 g/mol. The Hall–Kier alpha value is -4.39. The fraction of sp³-hybridized carbons (Fsp3) is 0.226. The van der Waals surface area contributed by atoms with E-state index in [1.165, 1.54) is 23.0 Å². The molecule has 0 atom stereocenters. The van der Waals surface area contributed by atoms with Crippen LogP contribution in [-0.4, -0.2) is 29.5 Å². The Bertz CT molecular complexity index is 1670. The molecule has 7 heteroatoms. The van der Waals surface area contributed by atoms with Crippen molar-refractivity contribution in [3.8, 4) is 0 Å². The molecule has 0 fully saturated rings. The van der Waals surface area contributed by atoms with Crippen molar-refractivity contribution in [2.75, 3.05) is 18.0 Å². The summed E-state index contributed by atoms with van der Waals surface area (Å²) in [4.78, 5) is 29.0. The highest BCUT2D eigenvalue weighted by Crippen LogP contribution is 2.48. The summed E-state index contributed by atoms with van der Waals surface area (Å²) < 4.78 is 16.1. The van der Waals surface area contributed by atoms with Gasteiger partial charge in [-0.2, -0.15) is 0 Å². The SMILES string of the molecule is CCn1c2ccccc2c2cc(N3C4=C(C(=O)NCC4)C(c4ccc(F)cc4)C4=C3CCNC4=O)ccc21. The molecule has 190 valence electrons. The molecule has 0 radical (unpaired) electrons. The van der Waals surface area contributed by atoms with Crippen LogP contribution in [0.1, 0.15) is 31.2 Å². The van der Waals surface area contributed by atoms with Crippen LogP contribution in [-0.2, 0) is 16.1 Å². The van der Waals surface area contributed by atoms with Crippen molar-refractivity contribution in [2.24, 2.45) is 0 Å². The molecule has 38 heavy (non-hydrogen) atoms. The molecule has 7 rings (SSSR count). The van der Waals surface area contributed by atoms with E-state index in [9.17, 15) is 14.0 Å². The number of amides is 2. The number of fused-ring (bicyclic) bond motifs is 3. The van der Waals surface area contributed by atoms with Gasteiger partial charge in [0.1, 0.15) is 5.82 Å². The number of nitrogens with one attached hydrogen (secondary N) is 2. The van der Waals surface area contributed by atoms with Crippen LogP contribution in [0.25, 0.3) is 21.8 Å². The molecule has 4 aromatic rings. The van der Waals surface area contributed by atoms with Gasteiger partial charge in [0.25, 0.3) is 0 Å². The molecule has 0 bridgehead atoms. The van der Waals surface area contributed by atoms with E-state index in [2.05, 4.69) is 69.5 Å². The maximum absolute atomic E-state index is 13.8. The van der Waals surface area contributed by atoms with Crippen LogP contribution in [0.2, 0.25) is 0 Å². The Morgan fingerprint density at radius 2 is 1.45 bits per heavy atom. The number of benzene rings is 3. The third-order valence-corrected chi connectivity index (χ3v) is 8.06. The largest absolute Gasteiger partial charge is 0.352 e. The van der Waals surface area contributed by atoms with Crippen molar-refractivity contribution in [3.05, 3.63) is 101 Å². The Morgan fingerprint density at radius 3 is 2.11 bits per heavy atom. The molecule has 2 N–H and O–H groups in total. The molecule has 0 saturated heterocycles. The average Bonchev–Trinajstić information content (AvgIpc) is 3.26. The van der Waals surface area contributed by atoms with Crippen LogP contribution in [0.15, 0.2) is 89.3 Å². The summed E-state index contributed by atoms with van der Waals surface area (Å²) in [6.45, 7) is 4.06. The predicted octanol–water partition coefficient (Wildman–Crippen LogP) is 5.11. The van der Waals surface area contributed by atoms with E-state index in [4.69, 9.17) is 0 Å². The third kappa shape index (κ3) is 3.24. The Labute approximate surface area is 219 Å². The molecular formula is C31H27FN4O2. The molecule has 0 aliphatic carbocycles. The van der Waals surface area contributed by atoms with Crippen molar-refractivity contribution in [1.29, 1.82) is 0 Å². The molecule has 2 amide bonds. The first kappa shape index (κ1) is 22.8. The van der Waals surface area contributed by atoms with E-state index < -0.39 is 5.92 Å². The monoisotopic (exact) mass is 506 g/mol. The standard InChI is InChI=1S/C31H27FN4O2/c1-2-35-23-6-4-3-5-21(23)22-17-20(11-12-24(22)35)36-25-13-15-33-30(37)28(25)27(18-7-9-19(32)10-8-18)29-26(36)14-16-34-31(29)38/h3-12,17,27H,2,13-16H2,1H3,(H,33,37)(H,34,38). The lowest BCUT2D eigenvalue weighted by Crippen LogP contribution is -2.47. The molecule has 1 aromatic heterocycles. The number of aryl methyl sites for hydroxylation is 1. The van der Waals surface area contributed by atoms with E-state index in [0.29, 0.717) is 37.1 Å². The zero-order valence-corrected chi connectivity index (χ0v) is 21.1. The highest BCUT2D eigenvalue weighted by Gasteiger charge is 2.44. The van der Waals surface area contributed by atoms with Crippen LogP contribution in [0.4, 0.5) is 10.1 Å². The number of hydrogen-bond donors (Lipinski definition) is 2. The van der Waals surface area contributed by atoms with Crippen molar-refractivity contribution < 1.29 is 14.0 Å². The molecule has 4 heterocycles. The predicted molar refractivity (Wildman–Crippen MR) is 146 cm³/mol. The quantitative estimate of drug-likeness (QED) is 0.406. The first-order valence-corrected chi connectivity index (χ1v) is 13.2. The van der Waals surface area contributed by atoms with E-state index in [-0.39, 0.29) is 17.6 Å². The second-order valence-corrected chi connectivity index (χ2v) is 10.0. The lowest BCUT2D eigenvalue weighted by Gasteiger charge is -2.44. The minimum atomic E-state index is -0.553. The van der Waals surface area contributed by atoms with Gasteiger partial charge >= 0.3 is 0 Å². The highest BCUT2D eigenvalue weighted by atomic mass is 19.1. The zero-order valence-electron chi connectivity index (χ0n) is 21.1. The molecule has 3 aliphatic heterocycles. The fourth-order valence-electron chi connectivity index (χ4n) is 6.50. The molecule has 6 nitrogen and oxygen atoms in total. The van der Waals surface area contributed by atoms with Crippen molar-refractivity contribution in [2.45, 2.75) is 32.2 Å². The summed E-state index contributed by atoms with van der Waals surface area (Å²) >= 11 is 0.